The molecule has 0 unspecified atom stereocenters. The average molecular weight is 473 g/mol. The highest BCUT2D eigenvalue weighted by atomic mass is 35.5. The Morgan fingerprint density at radius 2 is 1.74 bits per heavy atom. The summed E-state index contributed by atoms with van der Waals surface area (Å²) in [5.41, 5.74) is 0.892. The largest absolute Gasteiger partial charge is 0.316 e. The predicted octanol–water partition coefficient (Wildman–Crippen LogP) is 3.58. The van der Waals surface area contributed by atoms with E-state index in [4.69, 9.17) is 16.9 Å². The van der Waals surface area contributed by atoms with Gasteiger partial charge in [-0.25, -0.2) is 8.42 Å². The third kappa shape index (κ3) is 3.98. The van der Waals surface area contributed by atoms with Gasteiger partial charge >= 0.3 is 11.1 Å². The van der Waals surface area contributed by atoms with Crippen LogP contribution in [0.2, 0.25) is 5.02 Å². The van der Waals surface area contributed by atoms with E-state index in [0.717, 1.165) is 5.56 Å². The molecule has 0 aliphatic rings. The van der Waals surface area contributed by atoms with Gasteiger partial charge in [-0.1, -0.05) is 17.7 Å². The Morgan fingerprint density at radius 1 is 1.06 bits per heavy atom. The number of aromatic amines is 2. The summed E-state index contributed by atoms with van der Waals surface area (Å²) in [6, 6.07) is 11.2. The molecule has 2 heterocycles. The van der Waals surface area contributed by atoms with Gasteiger partial charge in [-0.3, -0.25) is 14.3 Å². The highest BCUT2D eigenvalue weighted by molar-refractivity contribution is 7.92. The Labute approximate surface area is 184 Å². The van der Waals surface area contributed by atoms with Gasteiger partial charge in [-0.05, 0) is 53.8 Å². The van der Waals surface area contributed by atoms with Crippen LogP contribution in [0.3, 0.4) is 0 Å². The van der Waals surface area contributed by atoms with Crippen molar-refractivity contribution in [3.05, 3.63) is 77.9 Å². The van der Waals surface area contributed by atoms with Gasteiger partial charge < -0.3 is 9.97 Å². The number of sulfonamides is 1. The third-order valence-electron chi connectivity index (χ3n) is 4.55. The molecule has 11 heteroatoms. The molecule has 0 aliphatic carbocycles. The van der Waals surface area contributed by atoms with Crippen molar-refractivity contribution in [1.29, 1.82) is 5.26 Å². The molecule has 4 aromatic rings. The average Bonchev–Trinajstić information content (AvgIpc) is 3.17. The number of H-pyrrole nitrogens is 2. The number of aromatic nitrogens is 2. The van der Waals surface area contributed by atoms with E-state index in [2.05, 4.69) is 20.8 Å². The van der Waals surface area contributed by atoms with Crippen molar-refractivity contribution in [1.82, 2.24) is 9.97 Å². The molecule has 0 bridgehead atoms. The van der Waals surface area contributed by atoms with Crippen molar-refractivity contribution in [2.45, 2.75) is 11.8 Å². The Morgan fingerprint density at radius 3 is 2.35 bits per heavy atom. The van der Waals surface area contributed by atoms with Gasteiger partial charge in [0, 0.05) is 5.56 Å². The molecule has 3 N–H and O–H groups in total. The van der Waals surface area contributed by atoms with Crippen LogP contribution in [0.5, 0.6) is 0 Å². The lowest BCUT2D eigenvalue weighted by Gasteiger charge is -2.12. The van der Waals surface area contributed by atoms with Gasteiger partial charge in [0.15, 0.2) is 0 Å². The summed E-state index contributed by atoms with van der Waals surface area (Å²) in [7, 11) is -4.02. The van der Waals surface area contributed by atoms with E-state index in [1.807, 2.05) is 0 Å². The van der Waals surface area contributed by atoms with E-state index in [1.165, 1.54) is 29.5 Å². The van der Waals surface area contributed by atoms with Crippen molar-refractivity contribution in [2.75, 3.05) is 4.72 Å². The summed E-state index contributed by atoms with van der Waals surface area (Å²) in [4.78, 5) is 28.3. The quantitative estimate of drug-likeness (QED) is 0.390. The van der Waals surface area contributed by atoms with E-state index in [0.29, 0.717) is 26.5 Å². The van der Waals surface area contributed by atoms with E-state index in [1.54, 1.807) is 30.5 Å². The molecular formula is C20H13ClN4O4S2. The fraction of sp³-hybridized carbons (Fsp3) is 0.0500. The predicted molar refractivity (Wildman–Crippen MR) is 120 cm³/mol. The molecule has 0 amide bonds. The van der Waals surface area contributed by atoms with E-state index in [9.17, 15) is 18.0 Å². The molecule has 31 heavy (non-hydrogen) atoms. The molecule has 156 valence electrons. The summed E-state index contributed by atoms with van der Waals surface area (Å²) in [5.74, 6) is 0. The Hall–Kier alpha value is -3.39. The third-order valence-corrected chi connectivity index (χ3v) is 7.22. The summed E-state index contributed by atoms with van der Waals surface area (Å²) >= 11 is 7.64. The number of nitriles is 1. The lowest BCUT2D eigenvalue weighted by molar-refractivity contribution is 0.600. The van der Waals surface area contributed by atoms with Crippen molar-refractivity contribution in [3.63, 3.8) is 0 Å². The molecule has 2 aromatic carbocycles. The standard InChI is InChI=1S/C20H13ClN4O4S2/c1-10-4-16-17(24-20(27)19(26)23-16)7-18(10)31(28,29)25-12-2-3-14(15(21)6-12)11-5-13(8-22)30-9-11/h2-7,9,25H,1H3,(H,23,26)(H,24,27). The summed E-state index contributed by atoms with van der Waals surface area (Å²) in [6.07, 6.45) is 0. The van der Waals surface area contributed by atoms with Crippen molar-refractivity contribution in [3.8, 4) is 17.2 Å². The fourth-order valence-electron chi connectivity index (χ4n) is 3.10. The number of nitrogens with one attached hydrogen (secondary N) is 3. The van der Waals surface area contributed by atoms with Gasteiger partial charge in [0.25, 0.3) is 10.0 Å². The van der Waals surface area contributed by atoms with Gasteiger partial charge in [0.05, 0.1) is 26.6 Å². The zero-order valence-corrected chi connectivity index (χ0v) is 18.2. The molecule has 0 atom stereocenters. The maximum atomic E-state index is 13.0. The van der Waals surface area contributed by atoms with Gasteiger partial charge in [-0.15, -0.1) is 11.3 Å². The van der Waals surface area contributed by atoms with Crippen LogP contribution in [-0.4, -0.2) is 18.4 Å². The lowest BCUT2D eigenvalue weighted by Crippen LogP contribution is -2.29. The highest BCUT2D eigenvalue weighted by Gasteiger charge is 2.19. The van der Waals surface area contributed by atoms with Gasteiger partial charge in [-0.2, -0.15) is 5.26 Å². The van der Waals surface area contributed by atoms with Gasteiger partial charge in [0.1, 0.15) is 10.9 Å². The second kappa shape index (κ2) is 7.70. The number of anilines is 1. The highest BCUT2D eigenvalue weighted by Crippen LogP contribution is 2.34. The van der Waals surface area contributed by atoms with E-state index in [-0.39, 0.29) is 16.1 Å². The SMILES string of the molecule is Cc1cc2[nH]c(=O)c(=O)[nH]c2cc1S(=O)(=O)Nc1ccc(-c2csc(C#N)c2)c(Cl)c1. The minimum atomic E-state index is -4.02. The maximum Gasteiger partial charge on any atom is 0.314 e. The zero-order chi connectivity index (χ0) is 22.3. The van der Waals surface area contributed by atoms with E-state index < -0.39 is 21.1 Å². The minimum Gasteiger partial charge on any atom is -0.316 e. The monoisotopic (exact) mass is 472 g/mol. The number of nitrogens with zero attached hydrogens (tertiary/aromatic N) is 1. The lowest BCUT2D eigenvalue weighted by atomic mass is 10.1. The molecule has 2 aromatic heterocycles. The number of hydrogen-bond acceptors (Lipinski definition) is 6. The number of fused-ring (bicyclic) bond motifs is 1. The summed E-state index contributed by atoms with van der Waals surface area (Å²) in [6.45, 7) is 1.58. The number of hydrogen-bond donors (Lipinski definition) is 3. The first kappa shape index (κ1) is 20.9. The van der Waals surface area contributed by atoms with Crippen LogP contribution in [-0.2, 0) is 10.0 Å². The Kier molecular flexibility index (Phi) is 5.18. The number of benzene rings is 2. The second-order valence-corrected chi connectivity index (χ2v) is 9.65. The van der Waals surface area contributed by atoms with Crippen LogP contribution < -0.4 is 15.8 Å². The summed E-state index contributed by atoms with van der Waals surface area (Å²) in [5, 5.41) is 11.1. The van der Waals surface area contributed by atoms with Crippen molar-refractivity contribution >= 4 is 49.7 Å². The fourth-order valence-corrected chi connectivity index (χ4v) is 5.39. The van der Waals surface area contributed by atoms with Crippen LogP contribution in [0, 0.1) is 18.3 Å². The first-order valence-corrected chi connectivity index (χ1v) is 11.5. The Balaban J connectivity index is 1.70. The zero-order valence-electron chi connectivity index (χ0n) is 15.8. The number of thiophene rings is 1. The molecule has 0 saturated heterocycles. The molecule has 4 rings (SSSR count). The van der Waals surface area contributed by atoms with Gasteiger partial charge in [0.2, 0.25) is 0 Å². The molecular weight excluding hydrogens is 460 g/mol. The molecule has 0 saturated carbocycles. The molecule has 0 radical (unpaired) electrons. The van der Waals surface area contributed by atoms with Crippen LogP contribution in [0.1, 0.15) is 10.4 Å². The number of rotatable bonds is 4. The molecule has 0 fully saturated rings. The number of aryl methyl sites for hydroxylation is 1. The topological polar surface area (TPSA) is 136 Å². The van der Waals surface area contributed by atoms with Crippen LogP contribution in [0.25, 0.3) is 22.2 Å². The maximum absolute atomic E-state index is 13.0. The van der Waals surface area contributed by atoms with Crippen LogP contribution >= 0.6 is 22.9 Å². The second-order valence-electron chi connectivity index (χ2n) is 6.68. The number of halogens is 1. The van der Waals surface area contributed by atoms with Crippen LogP contribution in [0.4, 0.5) is 5.69 Å². The summed E-state index contributed by atoms with van der Waals surface area (Å²) < 4.78 is 28.4. The molecule has 8 nitrogen and oxygen atoms in total. The minimum absolute atomic E-state index is 0.0561. The van der Waals surface area contributed by atoms with E-state index >= 15 is 0 Å². The molecule has 0 aliphatic heterocycles. The molecule has 0 spiro atoms. The first-order valence-electron chi connectivity index (χ1n) is 8.76. The van der Waals surface area contributed by atoms with Crippen LogP contribution in [0.15, 0.2) is 56.3 Å². The smallest absolute Gasteiger partial charge is 0.314 e. The van der Waals surface area contributed by atoms with Crippen molar-refractivity contribution < 1.29 is 8.42 Å². The Bertz CT molecular complexity index is 1610. The van der Waals surface area contributed by atoms with Crippen molar-refractivity contribution in [2.24, 2.45) is 0 Å². The first-order chi connectivity index (χ1) is 14.7. The normalized spacial score (nSPS) is 11.4.